The van der Waals surface area contributed by atoms with Crippen molar-refractivity contribution in [3.05, 3.63) is 78.4 Å². The molecule has 0 aromatic heterocycles. The number of benzene rings is 3. The highest BCUT2D eigenvalue weighted by atomic mass is 32.1. The van der Waals surface area contributed by atoms with Gasteiger partial charge in [-0.15, -0.1) is 0 Å². The van der Waals surface area contributed by atoms with Crippen molar-refractivity contribution in [3.63, 3.8) is 0 Å². The summed E-state index contributed by atoms with van der Waals surface area (Å²) in [6.07, 6.45) is 0. The van der Waals surface area contributed by atoms with E-state index in [1.54, 1.807) is 0 Å². The molecular formula is C25H30NO3PS. The summed E-state index contributed by atoms with van der Waals surface area (Å²) in [5, 5.41) is 5.52. The highest BCUT2D eigenvalue weighted by Gasteiger charge is 2.37. The molecule has 3 aromatic rings. The first-order valence-electron chi connectivity index (χ1n) is 10.6. The highest BCUT2D eigenvalue weighted by molar-refractivity contribution is 7.80. The summed E-state index contributed by atoms with van der Waals surface area (Å²) in [6.45, 7) is 8.27. The summed E-state index contributed by atoms with van der Waals surface area (Å²) in [7, 11) is -3.32. The maximum absolute atomic E-state index is 14.1. The Balaban J connectivity index is 1.79. The lowest BCUT2D eigenvalue weighted by atomic mass is 10.1. The van der Waals surface area contributed by atoms with E-state index in [0.29, 0.717) is 17.4 Å². The monoisotopic (exact) mass is 455 g/mol. The third-order valence-electron chi connectivity index (χ3n) is 5.44. The van der Waals surface area contributed by atoms with Crippen LogP contribution in [0.15, 0.2) is 72.8 Å². The smallest absolute Gasteiger partial charge is 0.320 e. The lowest BCUT2D eigenvalue weighted by molar-refractivity contribution is 0.286. The maximum atomic E-state index is 14.1. The summed E-state index contributed by atoms with van der Waals surface area (Å²) in [5.41, 5.74) is 0.814. The van der Waals surface area contributed by atoms with Gasteiger partial charge in [0.15, 0.2) is 5.05 Å². The fraction of sp³-hybridized carbons (Fsp3) is 0.320. The Morgan fingerprint density at radius 2 is 1.58 bits per heavy atom. The van der Waals surface area contributed by atoms with Crippen LogP contribution in [0.3, 0.4) is 0 Å². The average molecular weight is 456 g/mol. The van der Waals surface area contributed by atoms with E-state index in [0.717, 1.165) is 16.3 Å². The molecule has 0 aliphatic rings. The molecule has 0 aliphatic heterocycles. The first-order valence-corrected chi connectivity index (χ1v) is 12.7. The lowest BCUT2D eigenvalue weighted by Gasteiger charge is -2.31. The third-order valence-corrected chi connectivity index (χ3v) is 8.79. The predicted molar refractivity (Wildman–Crippen MR) is 133 cm³/mol. The van der Waals surface area contributed by atoms with Gasteiger partial charge in [0.05, 0.1) is 11.7 Å². The van der Waals surface area contributed by atoms with E-state index in [1.165, 1.54) is 0 Å². The number of hydrogen-bond acceptors (Lipinski definition) is 4. The fourth-order valence-electron chi connectivity index (χ4n) is 3.22. The van der Waals surface area contributed by atoms with Crippen LogP contribution in [0.25, 0.3) is 10.8 Å². The van der Waals surface area contributed by atoms with E-state index in [9.17, 15) is 4.57 Å². The molecule has 1 N–H and O–H groups in total. The van der Waals surface area contributed by atoms with Crippen LogP contribution in [0.4, 0.5) is 0 Å². The Labute approximate surface area is 190 Å². The van der Waals surface area contributed by atoms with E-state index in [2.05, 4.69) is 5.09 Å². The van der Waals surface area contributed by atoms with E-state index in [4.69, 9.17) is 21.5 Å². The molecule has 31 heavy (non-hydrogen) atoms. The Hall–Kier alpha value is -2.20. The number of fused-ring (bicyclic) bond motifs is 1. The van der Waals surface area contributed by atoms with Crippen molar-refractivity contribution in [2.45, 2.75) is 46.0 Å². The van der Waals surface area contributed by atoms with Gasteiger partial charge in [-0.1, -0.05) is 87.5 Å². The second-order valence-corrected chi connectivity index (χ2v) is 10.9. The van der Waals surface area contributed by atoms with Gasteiger partial charge >= 0.3 is 7.52 Å². The Bertz CT molecular complexity index is 1070. The van der Waals surface area contributed by atoms with Gasteiger partial charge in [-0.3, -0.25) is 4.57 Å². The molecule has 0 fully saturated rings. The molecule has 6 heteroatoms. The SMILES string of the molecule is CC(C)C(C)P(=O)(N[C@@H](C)C(=S)OCc1ccccc1)Oc1cccc2ccccc12. The topological polar surface area (TPSA) is 47.6 Å². The van der Waals surface area contributed by atoms with Crippen molar-refractivity contribution in [2.24, 2.45) is 5.92 Å². The zero-order chi connectivity index (χ0) is 22.4. The highest BCUT2D eigenvalue weighted by Crippen LogP contribution is 2.52. The number of ether oxygens (including phenoxy) is 1. The van der Waals surface area contributed by atoms with Crippen LogP contribution in [0.2, 0.25) is 0 Å². The normalized spacial score (nSPS) is 15.3. The second kappa shape index (κ2) is 10.4. The van der Waals surface area contributed by atoms with Crippen LogP contribution in [0, 0.1) is 5.92 Å². The van der Waals surface area contributed by atoms with Crippen molar-refractivity contribution < 1.29 is 13.8 Å². The molecule has 0 heterocycles. The molecule has 0 saturated carbocycles. The Morgan fingerprint density at radius 3 is 2.29 bits per heavy atom. The summed E-state index contributed by atoms with van der Waals surface area (Å²) in [4.78, 5) is 0. The van der Waals surface area contributed by atoms with Crippen LogP contribution in [-0.2, 0) is 15.9 Å². The molecule has 0 bridgehead atoms. The van der Waals surface area contributed by atoms with Gasteiger partial charge in [0.1, 0.15) is 12.4 Å². The minimum atomic E-state index is -3.32. The van der Waals surface area contributed by atoms with Crippen LogP contribution in [0.1, 0.15) is 33.3 Å². The quantitative estimate of drug-likeness (QED) is 0.279. The second-order valence-electron chi connectivity index (χ2n) is 8.09. The third kappa shape index (κ3) is 5.94. The average Bonchev–Trinajstić information content (AvgIpc) is 2.77. The van der Waals surface area contributed by atoms with Crippen molar-refractivity contribution >= 4 is 35.6 Å². The van der Waals surface area contributed by atoms with E-state index in [1.807, 2.05) is 100 Å². The number of rotatable bonds is 9. The molecule has 0 radical (unpaired) electrons. The van der Waals surface area contributed by atoms with Crippen molar-refractivity contribution in [2.75, 3.05) is 0 Å². The fourth-order valence-corrected chi connectivity index (χ4v) is 5.77. The van der Waals surface area contributed by atoms with Gasteiger partial charge in [0, 0.05) is 5.39 Å². The first kappa shape index (κ1) is 23.5. The molecule has 3 rings (SSSR count). The molecule has 2 unspecified atom stereocenters. The molecule has 3 aromatic carbocycles. The number of hydrogen-bond donors (Lipinski definition) is 1. The van der Waals surface area contributed by atoms with Crippen LogP contribution in [0.5, 0.6) is 5.75 Å². The molecule has 4 nitrogen and oxygen atoms in total. The van der Waals surface area contributed by atoms with Crippen LogP contribution in [-0.4, -0.2) is 16.8 Å². The van der Waals surface area contributed by atoms with Gasteiger partial charge in [0.25, 0.3) is 0 Å². The van der Waals surface area contributed by atoms with Crippen molar-refractivity contribution in [1.82, 2.24) is 5.09 Å². The van der Waals surface area contributed by atoms with E-state index >= 15 is 0 Å². The minimum Gasteiger partial charge on any atom is -0.481 e. The number of nitrogens with one attached hydrogen (secondary N) is 1. The number of thiocarbonyl (C=S) groups is 1. The summed E-state index contributed by atoms with van der Waals surface area (Å²) in [5.74, 6) is 0.754. The van der Waals surface area contributed by atoms with Gasteiger partial charge < -0.3 is 9.26 Å². The van der Waals surface area contributed by atoms with E-state index in [-0.39, 0.29) is 11.6 Å². The summed E-state index contributed by atoms with van der Waals surface area (Å²) >= 11 is 5.48. The predicted octanol–water partition coefficient (Wildman–Crippen LogP) is 6.98. The van der Waals surface area contributed by atoms with Gasteiger partial charge in [-0.2, -0.15) is 0 Å². The van der Waals surface area contributed by atoms with Crippen molar-refractivity contribution in [3.8, 4) is 5.75 Å². The van der Waals surface area contributed by atoms with Gasteiger partial charge in [-0.05, 0) is 42.1 Å². The Morgan fingerprint density at radius 1 is 0.935 bits per heavy atom. The lowest BCUT2D eigenvalue weighted by Crippen LogP contribution is -2.37. The summed E-state index contributed by atoms with van der Waals surface area (Å²) in [6, 6.07) is 23.1. The summed E-state index contributed by atoms with van der Waals surface area (Å²) < 4.78 is 26.1. The Kier molecular flexibility index (Phi) is 7.88. The molecule has 0 amide bonds. The molecule has 0 spiro atoms. The zero-order valence-electron chi connectivity index (χ0n) is 18.4. The molecule has 3 atom stereocenters. The molecule has 164 valence electrons. The van der Waals surface area contributed by atoms with Crippen LogP contribution < -0.4 is 9.61 Å². The van der Waals surface area contributed by atoms with Crippen molar-refractivity contribution in [1.29, 1.82) is 0 Å². The molecule has 0 aliphatic carbocycles. The van der Waals surface area contributed by atoms with E-state index < -0.39 is 13.6 Å². The molecule has 0 saturated heterocycles. The maximum Gasteiger partial charge on any atom is 0.320 e. The largest absolute Gasteiger partial charge is 0.481 e. The van der Waals surface area contributed by atoms with Crippen LogP contribution >= 0.6 is 19.7 Å². The zero-order valence-corrected chi connectivity index (χ0v) is 20.2. The minimum absolute atomic E-state index is 0.152. The standard InChI is InChI=1S/C25H30NO3PS/c1-18(2)20(4)30(27,29-24-16-10-14-22-13-8-9-15-23(22)24)26-19(3)25(31)28-17-21-11-6-5-7-12-21/h5-16,18-20H,17H2,1-4H3,(H,26,27)/t19-,20?,30?/m0/s1. The van der Waals surface area contributed by atoms with Gasteiger partial charge in [-0.25, -0.2) is 5.09 Å². The molecular weight excluding hydrogens is 425 g/mol. The first-order chi connectivity index (χ1) is 14.8. The van der Waals surface area contributed by atoms with Gasteiger partial charge in [0.2, 0.25) is 0 Å².